The van der Waals surface area contributed by atoms with E-state index in [1.54, 1.807) is 6.07 Å². The van der Waals surface area contributed by atoms with Crippen LogP contribution in [-0.4, -0.2) is 11.3 Å². The number of carbonyl (C=O) groups excluding carboxylic acids is 1. The predicted octanol–water partition coefficient (Wildman–Crippen LogP) is 3.02. The number of benzene rings is 1. The molecule has 0 N–H and O–H groups in total. The molecule has 0 amide bonds. The third-order valence-corrected chi connectivity index (χ3v) is 2.42. The Morgan fingerprint density at radius 3 is 2.94 bits per heavy atom. The molecular weight excluding hydrogens is 202 g/mol. The van der Waals surface area contributed by atoms with Gasteiger partial charge in [-0.05, 0) is 6.07 Å². The third kappa shape index (κ3) is 1.89. The molecule has 0 fully saturated rings. The van der Waals surface area contributed by atoms with Crippen molar-refractivity contribution in [1.29, 1.82) is 0 Å². The van der Waals surface area contributed by atoms with Crippen molar-refractivity contribution >= 4 is 6.29 Å². The number of aldehydes is 1. The molecule has 0 aliphatic carbocycles. The maximum atomic E-state index is 10.7. The number of rotatable bonds is 3. The van der Waals surface area contributed by atoms with Crippen LogP contribution >= 0.6 is 0 Å². The van der Waals surface area contributed by atoms with Crippen molar-refractivity contribution in [2.45, 2.75) is 20.3 Å². The van der Waals surface area contributed by atoms with Gasteiger partial charge in [0.25, 0.3) is 0 Å². The lowest BCUT2D eigenvalue weighted by Gasteiger charge is -1.99. The molecule has 1 aromatic heterocycles. The Morgan fingerprint density at radius 1 is 1.44 bits per heavy atom. The fourth-order valence-electron chi connectivity index (χ4n) is 1.69. The van der Waals surface area contributed by atoms with Crippen molar-refractivity contribution in [3.05, 3.63) is 41.5 Å². The highest BCUT2D eigenvalue weighted by atomic mass is 16.4. The van der Waals surface area contributed by atoms with E-state index in [0.29, 0.717) is 11.5 Å². The van der Waals surface area contributed by atoms with Crippen LogP contribution in [0.2, 0.25) is 0 Å². The number of oxazole rings is 1. The minimum Gasteiger partial charge on any atom is -0.445 e. The van der Waals surface area contributed by atoms with E-state index in [9.17, 15) is 4.79 Å². The van der Waals surface area contributed by atoms with E-state index in [1.165, 1.54) is 0 Å². The smallest absolute Gasteiger partial charge is 0.191 e. The van der Waals surface area contributed by atoms with Crippen LogP contribution in [0.1, 0.15) is 28.9 Å². The highest BCUT2D eigenvalue weighted by Crippen LogP contribution is 2.24. The summed E-state index contributed by atoms with van der Waals surface area (Å²) in [5.74, 6) is 1.52. The first-order valence-corrected chi connectivity index (χ1v) is 5.26. The Labute approximate surface area is 94.1 Å². The van der Waals surface area contributed by atoms with E-state index in [1.807, 2.05) is 32.0 Å². The number of hydrogen-bond acceptors (Lipinski definition) is 3. The summed E-state index contributed by atoms with van der Waals surface area (Å²) in [5.41, 5.74) is 2.42. The molecule has 0 radical (unpaired) electrons. The molecule has 16 heavy (non-hydrogen) atoms. The van der Waals surface area contributed by atoms with Crippen molar-refractivity contribution in [3.63, 3.8) is 0 Å². The molecule has 0 saturated heterocycles. The van der Waals surface area contributed by atoms with Gasteiger partial charge >= 0.3 is 0 Å². The molecule has 0 bridgehead atoms. The van der Waals surface area contributed by atoms with Crippen LogP contribution in [0.3, 0.4) is 0 Å². The first-order valence-electron chi connectivity index (χ1n) is 5.26. The summed E-state index contributed by atoms with van der Waals surface area (Å²) in [5, 5.41) is 0. The second kappa shape index (κ2) is 4.31. The van der Waals surface area contributed by atoms with Crippen molar-refractivity contribution in [1.82, 2.24) is 4.98 Å². The van der Waals surface area contributed by atoms with Crippen molar-refractivity contribution in [2.75, 3.05) is 0 Å². The molecule has 1 heterocycles. The summed E-state index contributed by atoms with van der Waals surface area (Å²) in [7, 11) is 0. The molecule has 0 aliphatic rings. The van der Waals surface area contributed by atoms with E-state index >= 15 is 0 Å². The summed E-state index contributed by atoms with van der Waals surface area (Å²) in [6.45, 7) is 3.85. The maximum absolute atomic E-state index is 10.7. The molecule has 0 atom stereocenters. The fourth-order valence-corrected chi connectivity index (χ4v) is 1.69. The lowest BCUT2D eigenvalue weighted by molar-refractivity contribution is 0.112. The molecule has 0 aliphatic heterocycles. The van der Waals surface area contributed by atoms with Gasteiger partial charge in [0.1, 0.15) is 17.7 Å². The summed E-state index contributed by atoms with van der Waals surface area (Å²) in [4.78, 5) is 15.1. The molecule has 0 saturated carbocycles. The second-order valence-corrected chi connectivity index (χ2v) is 3.60. The Bertz CT molecular complexity index is 514. The first kappa shape index (κ1) is 10.6. The Hall–Kier alpha value is -1.90. The third-order valence-electron chi connectivity index (χ3n) is 2.42. The maximum Gasteiger partial charge on any atom is 0.191 e. The SMILES string of the molecule is CCc1oc(C)nc1-c1cccc(C=O)c1. The molecule has 1 aromatic carbocycles. The molecule has 0 unspecified atom stereocenters. The van der Waals surface area contributed by atoms with Crippen LogP contribution in [0.5, 0.6) is 0 Å². The van der Waals surface area contributed by atoms with Gasteiger partial charge in [-0.3, -0.25) is 4.79 Å². The molecule has 2 rings (SSSR count). The average Bonchev–Trinajstić information content (AvgIpc) is 2.70. The monoisotopic (exact) mass is 215 g/mol. The zero-order valence-electron chi connectivity index (χ0n) is 9.36. The Balaban J connectivity index is 2.52. The highest BCUT2D eigenvalue weighted by molar-refractivity contribution is 5.78. The Morgan fingerprint density at radius 2 is 2.25 bits per heavy atom. The Kier molecular flexibility index (Phi) is 2.86. The topological polar surface area (TPSA) is 43.1 Å². The molecule has 0 spiro atoms. The van der Waals surface area contributed by atoms with Crippen LogP contribution in [0, 0.1) is 6.92 Å². The van der Waals surface area contributed by atoms with Gasteiger partial charge in [-0.2, -0.15) is 0 Å². The summed E-state index contributed by atoms with van der Waals surface area (Å²) >= 11 is 0. The van der Waals surface area contributed by atoms with E-state index < -0.39 is 0 Å². The summed E-state index contributed by atoms with van der Waals surface area (Å²) in [6, 6.07) is 7.38. The number of hydrogen-bond donors (Lipinski definition) is 0. The van der Waals surface area contributed by atoms with Gasteiger partial charge in [-0.15, -0.1) is 0 Å². The van der Waals surface area contributed by atoms with Gasteiger partial charge in [-0.25, -0.2) is 4.98 Å². The standard InChI is InChI=1S/C13H13NO2/c1-3-12-13(14-9(2)16-12)11-6-4-5-10(7-11)8-15/h4-8H,3H2,1-2H3. The van der Waals surface area contributed by atoms with Crippen LogP contribution in [-0.2, 0) is 6.42 Å². The number of aryl methyl sites for hydroxylation is 2. The largest absolute Gasteiger partial charge is 0.445 e. The van der Waals surface area contributed by atoms with E-state index in [4.69, 9.17) is 4.42 Å². The van der Waals surface area contributed by atoms with Crippen molar-refractivity contribution in [2.24, 2.45) is 0 Å². The average molecular weight is 215 g/mol. The normalized spacial score (nSPS) is 10.4. The molecular formula is C13H13NO2. The predicted molar refractivity (Wildman–Crippen MR) is 61.4 cm³/mol. The number of aromatic nitrogens is 1. The first-order chi connectivity index (χ1) is 7.74. The van der Waals surface area contributed by atoms with Gasteiger partial charge < -0.3 is 4.42 Å². The molecule has 3 heteroatoms. The van der Waals surface area contributed by atoms with Gasteiger partial charge in [0, 0.05) is 24.5 Å². The number of nitrogens with zero attached hydrogens (tertiary/aromatic N) is 1. The van der Waals surface area contributed by atoms with Gasteiger partial charge in [0.05, 0.1) is 0 Å². The van der Waals surface area contributed by atoms with E-state index in [2.05, 4.69) is 4.98 Å². The van der Waals surface area contributed by atoms with Crippen LogP contribution in [0.15, 0.2) is 28.7 Å². The molecule has 82 valence electrons. The quantitative estimate of drug-likeness (QED) is 0.739. The second-order valence-electron chi connectivity index (χ2n) is 3.60. The summed E-state index contributed by atoms with van der Waals surface area (Å²) < 4.78 is 5.49. The van der Waals surface area contributed by atoms with Crippen molar-refractivity contribution in [3.8, 4) is 11.3 Å². The van der Waals surface area contributed by atoms with E-state index in [-0.39, 0.29) is 0 Å². The summed E-state index contributed by atoms with van der Waals surface area (Å²) in [6.07, 6.45) is 1.63. The van der Waals surface area contributed by atoms with Crippen molar-refractivity contribution < 1.29 is 9.21 Å². The van der Waals surface area contributed by atoms with Crippen LogP contribution < -0.4 is 0 Å². The van der Waals surface area contributed by atoms with Crippen LogP contribution in [0.4, 0.5) is 0 Å². The molecule has 2 aromatic rings. The minimum atomic E-state index is 0.653. The van der Waals surface area contributed by atoms with E-state index in [0.717, 1.165) is 29.7 Å². The molecule has 3 nitrogen and oxygen atoms in total. The number of carbonyl (C=O) groups is 1. The lowest BCUT2D eigenvalue weighted by atomic mass is 10.1. The lowest BCUT2D eigenvalue weighted by Crippen LogP contribution is -1.86. The van der Waals surface area contributed by atoms with Gasteiger partial charge in [0.2, 0.25) is 0 Å². The highest BCUT2D eigenvalue weighted by Gasteiger charge is 2.11. The van der Waals surface area contributed by atoms with Gasteiger partial charge in [0.15, 0.2) is 5.89 Å². The zero-order chi connectivity index (χ0) is 11.5. The zero-order valence-corrected chi connectivity index (χ0v) is 9.36. The fraction of sp³-hybridized carbons (Fsp3) is 0.231. The van der Waals surface area contributed by atoms with Crippen LogP contribution in [0.25, 0.3) is 11.3 Å². The minimum absolute atomic E-state index is 0.653. The van der Waals surface area contributed by atoms with Gasteiger partial charge in [-0.1, -0.05) is 25.1 Å².